The summed E-state index contributed by atoms with van der Waals surface area (Å²) in [6.07, 6.45) is 7.59. The molecule has 0 amide bonds. The zero-order valence-electron chi connectivity index (χ0n) is 13.7. The average Bonchev–Trinajstić information content (AvgIpc) is 2.52. The van der Waals surface area contributed by atoms with E-state index in [0.717, 1.165) is 55.4 Å². The fraction of sp³-hybridized carbons (Fsp3) is 0.526. The fourth-order valence-corrected chi connectivity index (χ4v) is 2.52. The van der Waals surface area contributed by atoms with Gasteiger partial charge in [-0.2, -0.15) is 0 Å². The van der Waals surface area contributed by atoms with Crippen molar-refractivity contribution in [1.82, 2.24) is 0 Å². The molecule has 0 aliphatic rings. The van der Waals surface area contributed by atoms with Gasteiger partial charge in [-0.05, 0) is 36.4 Å². The number of hydrogen-bond acceptors (Lipinski definition) is 3. The highest BCUT2D eigenvalue weighted by Gasteiger charge is 2.06. The summed E-state index contributed by atoms with van der Waals surface area (Å²) in [5, 5.41) is 1.54. The molecule has 0 N–H and O–H groups in total. The van der Waals surface area contributed by atoms with Gasteiger partial charge in [-0.1, -0.05) is 45.6 Å². The van der Waals surface area contributed by atoms with Crippen molar-refractivity contribution < 1.29 is 9.15 Å². The lowest BCUT2D eigenvalue weighted by Gasteiger charge is -2.07. The van der Waals surface area contributed by atoms with Crippen molar-refractivity contribution in [3.8, 4) is 5.75 Å². The second-order valence-corrected chi connectivity index (χ2v) is 5.76. The molecule has 0 aliphatic carbocycles. The minimum absolute atomic E-state index is 0.261. The lowest BCUT2D eigenvalue weighted by atomic mass is 10.1. The number of aryl methyl sites for hydroxylation is 1. The first-order valence-electron chi connectivity index (χ1n) is 8.44. The number of unbranched alkanes of at least 4 members (excludes halogenated alkanes) is 4. The third kappa shape index (κ3) is 4.62. The summed E-state index contributed by atoms with van der Waals surface area (Å²) < 4.78 is 11.1. The zero-order chi connectivity index (χ0) is 15.8. The quantitative estimate of drug-likeness (QED) is 0.605. The number of hydrogen-bond donors (Lipinski definition) is 0. The van der Waals surface area contributed by atoms with Crippen molar-refractivity contribution in [1.29, 1.82) is 0 Å². The van der Waals surface area contributed by atoms with E-state index in [9.17, 15) is 4.79 Å². The molecule has 3 nitrogen and oxygen atoms in total. The Bertz CT molecular complexity index is 643. The minimum Gasteiger partial charge on any atom is -0.494 e. The van der Waals surface area contributed by atoms with E-state index in [2.05, 4.69) is 13.8 Å². The van der Waals surface area contributed by atoms with Gasteiger partial charge in [0.25, 0.3) is 0 Å². The van der Waals surface area contributed by atoms with E-state index in [1.807, 2.05) is 18.2 Å². The molecule has 0 radical (unpaired) electrons. The number of ether oxygens (including phenoxy) is 1. The maximum Gasteiger partial charge on any atom is 0.343 e. The molecule has 22 heavy (non-hydrogen) atoms. The first kappa shape index (κ1) is 16.6. The maximum atomic E-state index is 12.1. The van der Waals surface area contributed by atoms with E-state index in [1.165, 1.54) is 6.42 Å². The van der Waals surface area contributed by atoms with E-state index in [-0.39, 0.29) is 5.63 Å². The van der Waals surface area contributed by atoms with Crippen molar-refractivity contribution in [2.45, 2.75) is 58.8 Å². The lowest BCUT2D eigenvalue weighted by Crippen LogP contribution is -2.03. The van der Waals surface area contributed by atoms with Gasteiger partial charge in [0.15, 0.2) is 0 Å². The smallest absolute Gasteiger partial charge is 0.343 e. The Morgan fingerprint density at radius 2 is 1.77 bits per heavy atom. The Kier molecular flexibility index (Phi) is 6.50. The molecule has 0 spiro atoms. The average molecular weight is 302 g/mol. The molecule has 0 saturated carbocycles. The molecule has 2 aromatic rings. The van der Waals surface area contributed by atoms with E-state index in [4.69, 9.17) is 9.15 Å². The predicted molar refractivity (Wildman–Crippen MR) is 90.7 cm³/mol. The summed E-state index contributed by atoms with van der Waals surface area (Å²) in [5.41, 5.74) is -0.261. The molecule has 0 fully saturated rings. The van der Waals surface area contributed by atoms with Crippen molar-refractivity contribution in [3.05, 3.63) is 40.4 Å². The highest BCUT2D eigenvalue weighted by atomic mass is 16.5. The molecular formula is C19H26O3. The van der Waals surface area contributed by atoms with Gasteiger partial charge in [0.05, 0.1) is 12.0 Å². The Balaban J connectivity index is 2.10. The van der Waals surface area contributed by atoms with E-state index in [0.29, 0.717) is 12.0 Å². The van der Waals surface area contributed by atoms with Gasteiger partial charge < -0.3 is 9.15 Å². The summed E-state index contributed by atoms with van der Waals surface area (Å²) in [7, 11) is 0. The normalized spacial score (nSPS) is 11.0. The van der Waals surface area contributed by atoms with Crippen LogP contribution in [0.25, 0.3) is 10.8 Å². The monoisotopic (exact) mass is 302 g/mol. The standard InChI is InChI=1S/C19H26O3/c1-3-5-7-9-17-13-15-10-11-16(21-12-8-6-4-2)14-18(15)19(20)22-17/h10-11,13-14H,3-9,12H2,1-2H3. The highest BCUT2D eigenvalue weighted by molar-refractivity contribution is 5.82. The van der Waals surface area contributed by atoms with Gasteiger partial charge in [0, 0.05) is 6.42 Å². The van der Waals surface area contributed by atoms with Gasteiger partial charge in [-0.3, -0.25) is 0 Å². The van der Waals surface area contributed by atoms with Crippen molar-refractivity contribution in [3.63, 3.8) is 0 Å². The van der Waals surface area contributed by atoms with Crippen LogP contribution < -0.4 is 10.4 Å². The zero-order valence-corrected chi connectivity index (χ0v) is 13.7. The Morgan fingerprint density at radius 1 is 1.00 bits per heavy atom. The molecule has 0 aliphatic heterocycles. The van der Waals surface area contributed by atoms with Crippen molar-refractivity contribution >= 4 is 10.8 Å². The third-order valence-corrected chi connectivity index (χ3v) is 3.83. The largest absolute Gasteiger partial charge is 0.494 e. The lowest BCUT2D eigenvalue weighted by molar-refractivity contribution is 0.306. The molecule has 2 rings (SSSR count). The van der Waals surface area contributed by atoms with Crippen LogP contribution in [-0.2, 0) is 6.42 Å². The Morgan fingerprint density at radius 3 is 2.55 bits per heavy atom. The van der Waals surface area contributed by atoms with Crippen LogP contribution in [0.3, 0.4) is 0 Å². The van der Waals surface area contributed by atoms with Crippen LogP contribution in [-0.4, -0.2) is 6.61 Å². The van der Waals surface area contributed by atoms with Crippen molar-refractivity contribution in [2.24, 2.45) is 0 Å². The highest BCUT2D eigenvalue weighted by Crippen LogP contribution is 2.20. The molecule has 1 heterocycles. The summed E-state index contributed by atoms with van der Waals surface area (Å²) in [4.78, 5) is 12.1. The van der Waals surface area contributed by atoms with Gasteiger partial charge in [-0.25, -0.2) is 4.79 Å². The molecular weight excluding hydrogens is 276 g/mol. The molecule has 1 aromatic heterocycles. The summed E-state index contributed by atoms with van der Waals surface area (Å²) in [6.45, 7) is 5.03. The number of fused-ring (bicyclic) bond motifs is 1. The fourth-order valence-electron chi connectivity index (χ4n) is 2.52. The van der Waals surface area contributed by atoms with Gasteiger partial charge >= 0.3 is 5.63 Å². The summed E-state index contributed by atoms with van der Waals surface area (Å²) in [6, 6.07) is 7.66. The molecule has 3 heteroatoms. The van der Waals surface area contributed by atoms with E-state index in [1.54, 1.807) is 6.07 Å². The van der Waals surface area contributed by atoms with Crippen molar-refractivity contribution in [2.75, 3.05) is 6.61 Å². The Labute approximate surface area is 132 Å². The van der Waals surface area contributed by atoms with Crippen LogP contribution >= 0.6 is 0 Å². The van der Waals surface area contributed by atoms with Crippen LogP contribution in [0.15, 0.2) is 33.5 Å². The minimum atomic E-state index is -0.261. The summed E-state index contributed by atoms with van der Waals surface area (Å²) >= 11 is 0. The molecule has 0 unspecified atom stereocenters. The Hall–Kier alpha value is -1.77. The first-order chi connectivity index (χ1) is 10.7. The van der Waals surface area contributed by atoms with Gasteiger partial charge in [-0.15, -0.1) is 0 Å². The van der Waals surface area contributed by atoms with Crippen LogP contribution in [0.1, 0.15) is 58.1 Å². The molecule has 0 bridgehead atoms. The topological polar surface area (TPSA) is 39.4 Å². The second kappa shape index (κ2) is 8.62. The molecule has 1 aromatic carbocycles. The van der Waals surface area contributed by atoms with Crippen LogP contribution in [0.4, 0.5) is 0 Å². The summed E-state index contributed by atoms with van der Waals surface area (Å²) in [5.74, 6) is 1.53. The van der Waals surface area contributed by atoms with Crippen LogP contribution in [0.5, 0.6) is 5.75 Å². The van der Waals surface area contributed by atoms with Crippen LogP contribution in [0, 0.1) is 0 Å². The predicted octanol–water partition coefficient (Wildman–Crippen LogP) is 5.09. The second-order valence-electron chi connectivity index (χ2n) is 5.76. The van der Waals surface area contributed by atoms with Crippen LogP contribution in [0.2, 0.25) is 0 Å². The molecule has 120 valence electrons. The number of rotatable bonds is 9. The molecule has 0 atom stereocenters. The maximum absolute atomic E-state index is 12.1. The van der Waals surface area contributed by atoms with E-state index < -0.39 is 0 Å². The number of benzene rings is 1. The molecule has 0 saturated heterocycles. The van der Waals surface area contributed by atoms with Gasteiger partial charge in [0.1, 0.15) is 11.5 Å². The van der Waals surface area contributed by atoms with Gasteiger partial charge in [0.2, 0.25) is 0 Å². The van der Waals surface area contributed by atoms with E-state index >= 15 is 0 Å². The third-order valence-electron chi connectivity index (χ3n) is 3.83. The first-order valence-corrected chi connectivity index (χ1v) is 8.44. The SMILES string of the molecule is CCCCCOc1ccc2cc(CCCCC)oc(=O)c2c1.